The third kappa shape index (κ3) is 6.92. The molecule has 0 aliphatic rings. The predicted octanol–water partition coefficient (Wildman–Crippen LogP) is -0.364. The van der Waals surface area contributed by atoms with Crippen LogP contribution in [0.25, 0.3) is 0 Å². The Balaban J connectivity index is 4.30. The van der Waals surface area contributed by atoms with Crippen LogP contribution in [0.4, 0.5) is 0 Å². The van der Waals surface area contributed by atoms with Crippen molar-refractivity contribution in [2.45, 2.75) is 25.3 Å². The van der Waals surface area contributed by atoms with Crippen molar-refractivity contribution in [2.75, 3.05) is 19.9 Å². The molecule has 0 radical (unpaired) electrons. The summed E-state index contributed by atoms with van der Waals surface area (Å²) in [4.78, 5) is 29.6. The van der Waals surface area contributed by atoms with Gasteiger partial charge in [0.1, 0.15) is 12.3 Å². The zero-order valence-electron chi connectivity index (χ0n) is 9.24. The van der Waals surface area contributed by atoms with Crippen molar-refractivity contribution >= 4 is 13.6 Å². The van der Waals surface area contributed by atoms with Crippen LogP contribution in [-0.4, -0.2) is 51.7 Å². The van der Waals surface area contributed by atoms with E-state index in [-0.39, 0.29) is 0 Å². The van der Waals surface area contributed by atoms with Gasteiger partial charge in [0.15, 0.2) is 0 Å². The summed E-state index contributed by atoms with van der Waals surface area (Å²) in [5.41, 5.74) is 5.28. The van der Waals surface area contributed by atoms with E-state index < -0.39 is 25.9 Å². The minimum absolute atomic E-state index is 0.336. The number of hydrogen-bond acceptors (Lipinski definition) is 4. The van der Waals surface area contributed by atoms with Crippen molar-refractivity contribution in [3.8, 4) is 0 Å². The Morgan fingerprint density at radius 2 is 2.00 bits per heavy atom. The molecule has 0 rings (SSSR count). The molecule has 0 aromatic rings. The van der Waals surface area contributed by atoms with Crippen LogP contribution in [0.2, 0.25) is 0 Å². The van der Waals surface area contributed by atoms with Gasteiger partial charge < -0.3 is 20.6 Å². The maximum absolute atomic E-state index is 10.9. The summed E-state index contributed by atoms with van der Waals surface area (Å²) in [5, 5.41) is 8.91. The topological polar surface area (TPSA) is 124 Å². The van der Waals surface area contributed by atoms with E-state index in [0.717, 1.165) is 0 Å². The van der Waals surface area contributed by atoms with Crippen LogP contribution in [-0.2, 0) is 9.36 Å². The highest BCUT2D eigenvalue weighted by atomic mass is 31.2. The Morgan fingerprint density at radius 1 is 1.44 bits per heavy atom. The van der Waals surface area contributed by atoms with E-state index in [9.17, 15) is 9.36 Å². The summed E-state index contributed by atoms with van der Waals surface area (Å²) in [7, 11) is -2.83. The van der Waals surface area contributed by atoms with Gasteiger partial charge in [0, 0.05) is 0 Å². The van der Waals surface area contributed by atoms with E-state index in [1.54, 1.807) is 0 Å². The van der Waals surface area contributed by atoms with E-state index >= 15 is 0 Å². The maximum Gasteiger partial charge on any atom is 0.339 e. The van der Waals surface area contributed by atoms with Gasteiger partial charge in [-0.05, 0) is 26.4 Å². The molecule has 1 atom stereocenters. The molecule has 0 saturated carbocycles. The molecule has 8 heteroatoms. The van der Waals surface area contributed by atoms with E-state index in [1.807, 2.05) is 0 Å². The fourth-order valence-corrected chi connectivity index (χ4v) is 2.18. The second-order valence-corrected chi connectivity index (χ2v) is 5.31. The summed E-state index contributed by atoms with van der Waals surface area (Å²) in [6.45, 7) is 0.481. The maximum atomic E-state index is 10.9. The Hall–Kier alpha value is -0.460. The van der Waals surface area contributed by atoms with Gasteiger partial charge in [-0.25, -0.2) is 0 Å². The van der Waals surface area contributed by atoms with Gasteiger partial charge in [-0.15, -0.1) is 0 Å². The first kappa shape index (κ1) is 15.5. The highest BCUT2D eigenvalue weighted by Crippen LogP contribution is 2.35. The number of nitrogens with zero attached hydrogens (tertiary/aromatic N) is 1. The van der Waals surface area contributed by atoms with Gasteiger partial charge in [0.25, 0.3) is 0 Å². The monoisotopic (exact) mass is 254 g/mol. The quantitative estimate of drug-likeness (QED) is 0.344. The fraction of sp³-hybridized carbons (Fsp3) is 0.875. The molecule has 1 unspecified atom stereocenters. The summed E-state index contributed by atoms with van der Waals surface area (Å²) in [5.74, 6) is -1.08. The van der Waals surface area contributed by atoms with Crippen molar-refractivity contribution in [2.24, 2.45) is 5.73 Å². The molecule has 0 spiro atoms. The molecule has 0 aromatic heterocycles. The number of aliphatic carboxylic acids is 1. The van der Waals surface area contributed by atoms with Crippen LogP contribution in [0.5, 0.6) is 0 Å². The molecule has 0 amide bonds. The minimum Gasteiger partial charge on any atom is -0.480 e. The Morgan fingerprint density at radius 3 is 2.38 bits per heavy atom. The van der Waals surface area contributed by atoms with Crippen molar-refractivity contribution in [1.29, 1.82) is 0 Å². The largest absolute Gasteiger partial charge is 0.480 e. The van der Waals surface area contributed by atoms with Crippen LogP contribution in [0.15, 0.2) is 0 Å². The normalized spacial score (nSPS) is 14.1. The van der Waals surface area contributed by atoms with Crippen molar-refractivity contribution < 1.29 is 24.3 Å². The molecule has 0 aliphatic heterocycles. The standard InChI is InChI=1S/C8H19N2O5P/c1-10(6-16(13,14)15)7(8(11)12)4-2-3-5-9/h7H,2-6,9H2,1H3,(H,11,12)(H2,13,14,15). The van der Waals surface area contributed by atoms with Gasteiger partial charge >= 0.3 is 13.6 Å². The van der Waals surface area contributed by atoms with Crippen LogP contribution < -0.4 is 5.73 Å². The lowest BCUT2D eigenvalue weighted by atomic mass is 10.1. The van der Waals surface area contributed by atoms with E-state index in [2.05, 4.69) is 0 Å². The minimum atomic E-state index is -4.22. The number of nitrogens with two attached hydrogens (primary N) is 1. The fourth-order valence-electron chi connectivity index (χ4n) is 1.40. The van der Waals surface area contributed by atoms with Gasteiger partial charge in [-0.1, -0.05) is 6.42 Å². The molecule has 5 N–H and O–H groups in total. The van der Waals surface area contributed by atoms with E-state index in [4.69, 9.17) is 20.6 Å². The van der Waals surface area contributed by atoms with Crippen LogP contribution >= 0.6 is 7.60 Å². The number of carbonyl (C=O) groups is 1. The summed E-state index contributed by atoms with van der Waals surface area (Å²) in [6.07, 6.45) is 1.11. The number of likely N-dealkylation sites (N-methyl/N-ethyl adjacent to an activating group) is 1. The van der Waals surface area contributed by atoms with Gasteiger partial charge in [-0.3, -0.25) is 14.3 Å². The van der Waals surface area contributed by atoms with Crippen molar-refractivity contribution in [1.82, 2.24) is 4.90 Å². The van der Waals surface area contributed by atoms with Gasteiger partial charge in [0.2, 0.25) is 0 Å². The third-order valence-electron chi connectivity index (χ3n) is 2.16. The SMILES string of the molecule is CN(CP(=O)(O)O)C(CCCCN)C(=O)O. The predicted molar refractivity (Wildman–Crippen MR) is 59.0 cm³/mol. The number of unbranched alkanes of at least 4 members (excludes halogenated alkanes) is 1. The second-order valence-electron chi connectivity index (χ2n) is 3.70. The Kier molecular flexibility index (Phi) is 6.78. The van der Waals surface area contributed by atoms with Gasteiger partial charge in [-0.2, -0.15) is 0 Å². The van der Waals surface area contributed by atoms with Crippen LogP contribution in [0, 0.1) is 0 Å². The molecule has 16 heavy (non-hydrogen) atoms. The molecular weight excluding hydrogens is 235 g/mol. The first-order valence-corrected chi connectivity index (χ1v) is 6.75. The zero-order chi connectivity index (χ0) is 12.8. The molecule has 7 nitrogen and oxygen atoms in total. The number of hydrogen-bond donors (Lipinski definition) is 4. The number of carboxylic acids is 1. The first-order valence-electron chi connectivity index (χ1n) is 4.95. The number of rotatable bonds is 8. The van der Waals surface area contributed by atoms with Crippen LogP contribution in [0.1, 0.15) is 19.3 Å². The highest BCUT2D eigenvalue weighted by Gasteiger charge is 2.27. The smallest absolute Gasteiger partial charge is 0.339 e. The molecule has 0 saturated heterocycles. The second kappa shape index (κ2) is 6.98. The Bertz CT molecular complexity index is 267. The lowest BCUT2D eigenvalue weighted by Gasteiger charge is -2.24. The van der Waals surface area contributed by atoms with E-state index in [1.165, 1.54) is 11.9 Å². The molecule has 0 fully saturated rings. The average Bonchev–Trinajstić information content (AvgIpc) is 2.08. The molecule has 0 aromatic carbocycles. The lowest BCUT2D eigenvalue weighted by Crippen LogP contribution is -2.39. The summed E-state index contributed by atoms with van der Waals surface area (Å²) >= 11 is 0. The van der Waals surface area contributed by atoms with E-state index in [0.29, 0.717) is 25.8 Å². The summed E-state index contributed by atoms with van der Waals surface area (Å²) in [6, 6.07) is -0.876. The average molecular weight is 254 g/mol. The molecule has 0 heterocycles. The van der Waals surface area contributed by atoms with Crippen LogP contribution in [0.3, 0.4) is 0 Å². The third-order valence-corrected chi connectivity index (χ3v) is 2.97. The molecule has 0 bridgehead atoms. The summed E-state index contributed by atoms with van der Waals surface area (Å²) < 4.78 is 10.7. The molecule has 96 valence electrons. The zero-order valence-corrected chi connectivity index (χ0v) is 10.1. The highest BCUT2D eigenvalue weighted by molar-refractivity contribution is 7.51. The Labute approximate surface area is 94.4 Å². The van der Waals surface area contributed by atoms with Crippen molar-refractivity contribution in [3.05, 3.63) is 0 Å². The van der Waals surface area contributed by atoms with Crippen molar-refractivity contribution in [3.63, 3.8) is 0 Å². The van der Waals surface area contributed by atoms with Gasteiger partial charge in [0.05, 0.1) is 0 Å². The molecular formula is C8H19N2O5P. The molecule has 0 aliphatic carbocycles. The first-order chi connectivity index (χ1) is 7.28. The lowest BCUT2D eigenvalue weighted by molar-refractivity contribution is -0.142. The number of carboxylic acid groups (broad SMARTS) is 1.